The van der Waals surface area contributed by atoms with E-state index in [9.17, 15) is 0 Å². The molecule has 1 aromatic rings. The molecule has 2 saturated carbocycles. The molecular weight excluding hydrogens is 230 g/mol. The lowest BCUT2D eigenvalue weighted by Gasteiger charge is -2.23. The maximum absolute atomic E-state index is 3.49. The molecule has 0 radical (unpaired) electrons. The van der Waals surface area contributed by atoms with Gasteiger partial charge in [-0.1, -0.05) is 56.4 Å². The summed E-state index contributed by atoms with van der Waals surface area (Å²) in [5.74, 6) is 1.81. The second-order valence-electron chi connectivity index (χ2n) is 6.52. The van der Waals surface area contributed by atoms with Crippen molar-refractivity contribution in [1.82, 2.24) is 5.32 Å². The topological polar surface area (TPSA) is 12.0 Å². The van der Waals surface area contributed by atoms with Crippen LogP contribution in [0.15, 0.2) is 24.3 Å². The molecule has 104 valence electrons. The molecule has 1 aromatic carbocycles. The Kier molecular flexibility index (Phi) is 4.22. The van der Waals surface area contributed by atoms with Crippen molar-refractivity contribution in [3.63, 3.8) is 0 Å². The van der Waals surface area contributed by atoms with Crippen LogP contribution in [0.3, 0.4) is 0 Å². The minimum absolute atomic E-state index is 0.563. The third-order valence-corrected chi connectivity index (χ3v) is 5.03. The van der Waals surface area contributed by atoms with Gasteiger partial charge in [0.05, 0.1) is 0 Å². The van der Waals surface area contributed by atoms with E-state index in [-0.39, 0.29) is 0 Å². The van der Waals surface area contributed by atoms with Gasteiger partial charge in [0.15, 0.2) is 0 Å². The standard InChI is InChI=1S/C18H27N/c1-19-18(13-14-7-8-14)17-11-9-16(10-12-17)15-5-3-2-4-6-15/h9-12,14-15,18-19H,2-8,13H2,1H3. The predicted molar refractivity (Wildman–Crippen MR) is 81.4 cm³/mol. The SMILES string of the molecule is CNC(CC1CC1)c1ccc(C2CCCCC2)cc1. The fourth-order valence-corrected chi connectivity index (χ4v) is 3.54. The zero-order valence-electron chi connectivity index (χ0n) is 12.2. The Balaban J connectivity index is 1.66. The molecule has 1 nitrogen and oxygen atoms in total. The van der Waals surface area contributed by atoms with Crippen LogP contribution in [0.25, 0.3) is 0 Å². The van der Waals surface area contributed by atoms with Crippen LogP contribution < -0.4 is 5.32 Å². The van der Waals surface area contributed by atoms with Gasteiger partial charge in [-0.2, -0.15) is 0 Å². The summed E-state index contributed by atoms with van der Waals surface area (Å²) in [6.45, 7) is 0. The summed E-state index contributed by atoms with van der Waals surface area (Å²) in [7, 11) is 2.10. The van der Waals surface area contributed by atoms with Crippen LogP contribution in [0, 0.1) is 5.92 Å². The van der Waals surface area contributed by atoms with E-state index in [0.29, 0.717) is 6.04 Å². The third-order valence-electron chi connectivity index (χ3n) is 5.03. The van der Waals surface area contributed by atoms with Crippen LogP contribution in [0.1, 0.15) is 74.5 Å². The first-order valence-electron chi connectivity index (χ1n) is 8.14. The minimum Gasteiger partial charge on any atom is -0.313 e. The summed E-state index contributed by atoms with van der Waals surface area (Å²) < 4.78 is 0. The van der Waals surface area contributed by atoms with Crippen LogP contribution in [-0.2, 0) is 0 Å². The first-order chi connectivity index (χ1) is 9.36. The van der Waals surface area contributed by atoms with Crippen molar-refractivity contribution in [3.05, 3.63) is 35.4 Å². The summed E-state index contributed by atoms with van der Waals surface area (Å²) in [6, 6.07) is 10.1. The van der Waals surface area contributed by atoms with Gasteiger partial charge in [0, 0.05) is 6.04 Å². The Labute approximate surface area is 117 Å². The molecule has 1 N–H and O–H groups in total. The number of benzene rings is 1. The van der Waals surface area contributed by atoms with E-state index >= 15 is 0 Å². The largest absolute Gasteiger partial charge is 0.313 e. The van der Waals surface area contributed by atoms with Crippen LogP contribution in [0.4, 0.5) is 0 Å². The average molecular weight is 257 g/mol. The van der Waals surface area contributed by atoms with E-state index in [4.69, 9.17) is 0 Å². The van der Waals surface area contributed by atoms with Crippen molar-refractivity contribution in [2.75, 3.05) is 7.05 Å². The summed E-state index contributed by atoms with van der Waals surface area (Å²) in [6.07, 6.45) is 11.3. The van der Waals surface area contributed by atoms with Crippen molar-refractivity contribution in [2.45, 2.75) is 63.3 Å². The Morgan fingerprint density at radius 1 is 1.00 bits per heavy atom. The lowest BCUT2D eigenvalue weighted by atomic mass is 9.83. The Hall–Kier alpha value is -0.820. The van der Waals surface area contributed by atoms with Gasteiger partial charge in [0.25, 0.3) is 0 Å². The highest BCUT2D eigenvalue weighted by atomic mass is 14.9. The molecule has 0 aliphatic heterocycles. The molecule has 0 saturated heterocycles. The van der Waals surface area contributed by atoms with Gasteiger partial charge >= 0.3 is 0 Å². The molecule has 0 amide bonds. The molecular formula is C18H27N. The third kappa shape index (κ3) is 3.39. The highest BCUT2D eigenvalue weighted by molar-refractivity contribution is 5.28. The second-order valence-corrected chi connectivity index (χ2v) is 6.52. The maximum atomic E-state index is 3.49. The van der Waals surface area contributed by atoms with Gasteiger partial charge in [-0.25, -0.2) is 0 Å². The van der Waals surface area contributed by atoms with Crippen molar-refractivity contribution >= 4 is 0 Å². The molecule has 19 heavy (non-hydrogen) atoms. The highest BCUT2D eigenvalue weighted by Crippen LogP contribution is 2.38. The Morgan fingerprint density at radius 2 is 1.68 bits per heavy atom. The fourth-order valence-electron chi connectivity index (χ4n) is 3.54. The molecule has 0 bridgehead atoms. The van der Waals surface area contributed by atoms with Crippen LogP contribution in [-0.4, -0.2) is 7.05 Å². The van der Waals surface area contributed by atoms with E-state index in [1.54, 1.807) is 5.56 Å². The van der Waals surface area contributed by atoms with E-state index < -0.39 is 0 Å². The molecule has 2 fully saturated rings. The maximum Gasteiger partial charge on any atom is 0.0320 e. The van der Waals surface area contributed by atoms with E-state index in [0.717, 1.165) is 11.8 Å². The lowest BCUT2D eigenvalue weighted by Crippen LogP contribution is -2.17. The monoisotopic (exact) mass is 257 g/mol. The number of hydrogen-bond acceptors (Lipinski definition) is 1. The molecule has 2 aliphatic rings. The number of hydrogen-bond donors (Lipinski definition) is 1. The molecule has 1 atom stereocenters. The zero-order chi connectivity index (χ0) is 13.1. The number of rotatable bonds is 5. The quantitative estimate of drug-likeness (QED) is 0.799. The van der Waals surface area contributed by atoms with Crippen LogP contribution in [0.5, 0.6) is 0 Å². The summed E-state index contributed by atoms with van der Waals surface area (Å²) >= 11 is 0. The molecule has 0 heterocycles. The lowest BCUT2D eigenvalue weighted by molar-refractivity contribution is 0.443. The molecule has 0 aromatic heterocycles. The molecule has 3 rings (SSSR count). The van der Waals surface area contributed by atoms with E-state index in [1.165, 1.54) is 56.9 Å². The van der Waals surface area contributed by atoms with Crippen molar-refractivity contribution < 1.29 is 0 Å². The van der Waals surface area contributed by atoms with Crippen LogP contribution in [0.2, 0.25) is 0 Å². The molecule has 0 spiro atoms. The van der Waals surface area contributed by atoms with Gasteiger partial charge in [0.2, 0.25) is 0 Å². The van der Waals surface area contributed by atoms with E-state index in [1.807, 2.05) is 0 Å². The van der Waals surface area contributed by atoms with Crippen molar-refractivity contribution in [3.8, 4) is 0 Å². The summed E-state index contributed by atoms with van der Waals surface area (Å²) in [5, 5.41) is 3.49. The highest BCUT2D eigenvalue weighted by Gasteiger charge is 2.25. The van der Waals surface area contributed by atoms with Gasteiger partial charge < -0.3 is 5.32 Å². The van der Waals surface area contributed by atoms with Gasteiger partial charge in [-0.05, 0) is 49.3 Å². The normalized spacial score (nSPS) is 22.4. The van der Waals surface area contributed by atoms with Gasteiger partial charge in [-0.3, -0.25) is 0 Å². The summed E-state index contributed by atoms with van der Waals surface area (Å²) in [4.78, 5) is 0. The van der Waals surface area contributed by atoms with Crippen LogP contribution >= 0.6 is 0 Å². The van der Waals surface area contributed by atoms with Gasteiger partial charge in [-0.15, -0.1) is 0 Å². The molecule has 1 unspecified atom stereocenters. The average Bonchev–Trinajstić information content (AvgIpc) is 3.30. The number of nitrogens with one attached hydrogen (secondary N) is 1. The van der Waals surface area contributed by atoms with E-state index in [2.05, 4.69) is 36.6 Å². The zero-order valence-corrected chi connectivity index (χ0v) is 12.2. The summed E-state index contributed by atoms with van der Waals surface area (Å²) in [5.41, 5.74) is 3.05. The minimum atomic E-state index is 0.563. The first-order valence-corrected chi connectivity index (χ1v) is 8.14. The first kappa shape index (κ1) is 13.2. The second kappa shape index (κ2) is 6.09. The predicted octanol–water partition coefficient (Wildman–Crippen LogP) is 4.79. The van der Waals surface area contributed by atoms with Gasteiger partial charge in [0.1, 0.15) is 0 Å². The Bertz CT molecular complexity index is 385. The van der Waals surface area contributed by atoms with Crippen molar-refractivity contribution in [1.29, 1.82) is 0 Å². The smallest absolute Gasteiger partial charge is 0.0320 e. The molecule has 1 heteroatoms. The molecule has 2 aliphatic carbocycles. The fraction of sp³-hybridized carbons (Fsp3) is 0.667. The Morgan fingerprint density at radius 3 is 2.26 bits per heavy atom. The van der Waals surface area contributed by atoms with Crippen molar-refractivity contribution in [2.24, 2.45) is 5.92 Å².